The first-order valence-corrected chi connectivity index (χ1v) is 11.7. The molecule has 1 heterocycles. The summed E-state index contributed by atoms with van der Waals surface area (Å²) in [5.41, 5.74) is 11.3. The molecular weight excluding hydrogens is 432 g/mol. The van der Waals surface area contributed by atoms with Gasteiger partial charge in [-0.05, 0) is 65.6 Å². The van der Waals surface area contributed by atoms with Crippen molar-refractivity contribution < 1.29 is 9.90 Å². The summed E-state index contributed by atoms with van der Waals surface area (Å²) in [6.45, 7) is 15.2. The molecule has 176 valence electrons. The highest BCUT2D eigenvalue weighted by molar-refractivity contribution is 6.30. The van der Waals surface area contributed by atoms with Crippen LogP contribution in [-0.2, 0) is 23.8 Å². The lowest BCUT2D eigenvalue weighted by Gasteiger charge is -2.28. The van der Waals surface area contributed by atoms with Gasteiger partial charge in [-0.15, -0.1) is 0 Å². The third-order valence-corrected chi connectivity index (χ3v) is 6.40. The minimum Gasteiger partial charge on any atom is -0.507 e. The molecule has 3 rings (SSSR count). The summed E-state index contributed by atoms with van der Waals surface area (Å²) in [7, 11) is 0. The van der Waals surface area contributed by atoms with E-state index in [1.165, 1.54) is 0 Å². The predicted molar refractivity (Wildman–Crippen MR) is 137 cm³/mol. The van der Waals surface area contributed by atoms with Crippen LogP contribution in [0.25, 0.3) is 11.3 Å². The predicted octanol–water partition coefficient (Wildman–Crippen LogP) is 6.76. The molecule has 0 aliphatic rings. The van der Waals surface area contributed by atoms with E-state index in [4.69, 9.17) is 17.3 Å². The first kappa shape index (κ1) is 24.9. The van der Waals surface area contributed by atoms with Crippen LogP contribution in [0.1, 0.15) is 74.3 Å². The van der Waals surface area contributed by atoms with Crippen LogP contribution in [0.4, 0.5) is 0 Å². The lowest BCUT2D eigenvalue weighted by atomic mass is 9.78. The second-order valence-electron chi connectivity index (χ2n) is 10.8. The normalized spacial score (nSPS) is 12.2. The number of rotatable bonds is 5. The van der Waals surface area contributed by atoms with E-state index in [1.54, 1.807) is 0 Å². The molecule has 3 aromatic rings. The number of hydrogen-bond acceptors (Lipinski definition) is 2. The third kappa shape index (κ3) is 5.27. The molecule has 0 fully saturated rings. The van der Waals surface area contributed by atoms with Crippen LogP contribution in [0.3, 0.4) is 0 Å². The average Bonchev–Trinajstić information content (AvgIpc) is 3.01. The van der Waals surface area contributed by atoms with E-state index < -0.39 is 5.91 Å². The van der Waals surface area contributed by atoms with Crippen LogP contribution in [0, 0.1) is 6.92 Å². The van der Waals surface area contributed by atoms with Gasteiger partial charge < -0.3 is 15.4 Å². The van der Waals surface area contributed by atoms with Crippen molar-refractivity contribution in [2.75, 3.05) is 0 Å². The minimum atomic E-state index is -0.443. The summed E-state index contributed by atoms with van der Waals surface area (Å²) < 4.78 is 2.15. The van der Waals surface area contributed by atoms with E-state index in [1.807, 2.05) is 43.3 Å². The van der Waals surface area contributed by atoms with Crippen molar-refractivity contribution in [1.82, 2.24) is 4.57 Å². The van der Waals surface area contributed by atoms with Gasteiger partial charge in [-0.25, -0.2) is 0 Å². The standard InChI is InChI=1S/C28H35ClN2O2/c1-17-21(26(30)33)16-24(31(17)12-11-18-9-8-10-20(29)13-18)19-14-22(27(2,3)4)25(32)23(15-19)28(5,6)7/h8-10,13-16,32H,11-12H2,1-7H3,(H2,30,33). The van der Waals surface area contributed by atoms with Gasteiger partial charge in [0.25, 0.3) is 5.91 Å². The summed E-state index contributed by atoms with van der Waals surface area (Å²) >= 11 is 6.17. The molecule has 4 nitrogen and oxygen atoms in total. The Morgan fingerprint density at radius 2 is 1.58 bits per heavy atom. The van der Waals surface area contributed by atoms with Crippen LogP contribution in [-0.4, -0.2) is 15.6 Å². The molecule has 0 aliphatic heterocycles. The SMILES string of the molecule is Cc1c(C(N)=O)cc(-c2cc(C(C)(C)C)c(O)c(C(C)(C)C)c2)n1CCc1cccc(Cl)c1. The van der Waals surface area contributed by atoms with Gasteiger partial charge in [-0.2, -0.15) is 0 Å². The molecule has 0 unspecified atom stereocenters. The number of primary amides is 1. The Hall–Kier alpha value is -2.72. The molecule has 0 saturated heterocycles. The molecule has 0 bridgehead atoms. The summed E-state index contributed by atoms with van der Waals surface area (Å²) in [5, 5.41) is 11.8. The highest BCUT2D eigenvalue weighted by Gasteiger charge is 2.28. The van der Waals surface area contributed by atoms with Gasteiger partial charge in [-0.1, -0.05) is 65.3 Å². The summed E-state index contributed by atoms with van der Waals surface area (Å²) in [5.74, 6) is -0.108. The van der Waals surface area contributed by atoms with Crippen molar-refractivity contribution in [3.8, 4) is 17.0 Å². The van der Waals surface area contributed by atoms with Crippen LogP contribution in [0.15, 0.2) is 42.5 Å². The highest BCUT2D eigenvalue weighted by Crippen LogP contribution is 2.42. The molecule has 33 heavy (non-hydrogen) atoms. The van der Waals surface area contributed by atoms with Crippen molar-refractivity contribution in [2.45, 2.75) is 72.3 Å². The van der Waals surface area contributed by atoms with Crippen LogP contribution in [0.2, 0.25) is 5.02 Å². The largest absolute Gasteiger partial charge is 0.507 e. The van der Waals surface area contributed by atoms with Gasteiger partial charge in [0.15, 0.2) is 0 Å². The second-order valence-corrected chi connectivity index (χ2v) is 11.3. The Morgan fingerprint density at radius 1 is 1.00 bits per heavy atom. The van der Waals surface area contributed by atoms with Crippen molar-refractivity contribution in [1.29, 1.82) is 0 Å². The lowest BCUT2D eigenvalue weighted by molar-refractivity contribution is 0.0999. The fourth-order valence-corrected chi connectivity index (χ4v) is 4.49. The van der Waals surface area contributed by atoms with E-state index in [0.29, 0.717) is 22.9 Å². The van der Waals surface area contributed by atoms with Gasteiger partial charge in [0, 0.05) is 34.1 Å². The maximum atomic E-state index is 12.2. The molecule has 0 atom stereocenters. The highest BCUT2D eigenvalue weighted by atomic mass is 35.5. The monoisotopic (exact) mass is 466 g/mol. The topological polar surface area (TPSA) is 68.2 Å². The molecule has 2 aromatic carbocycles. The van der Waals surface area contributed by atoms with Gasteiger partial charge in [0.05, 0.1) is 5.56 Å². The van der Waals surface area contributed by atoms with Crippen LogP contribution < -0.4 is 5.73 Å². The number of aromatic hydroxyl groups is 1. The molecule has 0 aliphatic carbocycles. The number of carbonyl (C=O) groups is 1. The number of nitrogens with two attached hydrogens (primary N) is 1. The molecule has 5 heteroatoms. The summed E-state index contributed by atoms with van der Waals surface area (Å²) in [6, 6.07) is 13.8. The van der Waals surface area contributed by atoms with E-state index >= 15 is 0 Å². The molecule has 1 amide bonds. The zero-order valence-corrected chi connectivity index (χ0v) is 21.5. The lowest BCUT2D eigenvalue weighted by Crippen LogP contribution is -2.17. The van der Waals surface area contributed by atoms with Gasteiger partial charge in [-0.3, -0.25) is 4.79 Å². The van der Waals surface area contributed by atoms with E-state index in [9.17, 15) is 9.90 Å². The Balaban J connectivity index is 2.21. The van der Waals surface area contributed by atoms with Crippen molar-refractivity contribution in [3.63, 3.8) is 0 Å². The summed E-state index contributed by atoms with van der Waals surface area (Å²) in [4.78, 5) is 12.2. The second kappa shape index (κ2) is 8.90. The number of benzene rings is 2. The smallest absolute Gasteiger partial charge is 0.250 e. The minimum absolute atomic E-state index is 0.250. The Labute approximate surface area is 202 Å². The van der Waals surface area contributed by atoms with Crippen molar-refractivity contribution >= 4 is 17.5 Å². The maximum Gasteiger partial charge on any atom is 0.250 e. The number of halogens is 1. The molecular formula is C28H35ClN2O2. The number of nitrogens with zero attached hydrogens (tertiary/aromatic N) is 1. The number of aryl methyl sites for hydroxylation is 1. The first-order chi connectivity index (χ1) is 15.2. The number of phenolic OH excluding ortho intramolecular Hbond substituents is 1. The zero-order valence-electron chi connectivity index (χ0n) is 20.7. The van der Waals surface area contributed by atoms with Crippen molar-refractivity contribution in [3.05, 3.63) is 75.4 Å². The molecule has 3 N–H and O–H groups in total. The quantitative estimate of drug-likeness (QED) is 0.436. The summed E-state index contributed by atoms with van der Waals surface area (Å²) in [6.07, 6.45) is 0.762. The van der Waals surface area contributed by atoms with E-state index in [2.05, 4.69) is 52.2 Å². The molecule has 0 spiro atoms. The van der Waals surface area contributed by atoms with Crippen LogP contribution in [0.5, 0.6) is 5.75 Å². The number of aromatic nitrogens is 1. The zero-order chi connectivity index (χ0) is 24.7. The van der Waals surface area contributed by atoms with Gasteiger partial charge in [0.2, 0.25) is 0 Å². The molecule has 1 aromatic heterocycles. The van der Waals surface area contributed by atoms with Crippen molar-refractivity contribution in [2.24, 2.45) is 5.73 Å². The number of phenols is 1. The molecule has 0 saturated carbocycles. The van der Waals surface area contributed by atoms with Gasteiger partial charge in [0.1, 0.15) is 5.75 Å². The maximum absolute atomic E-state index is 12.2. The van der Waals surface area contributed by atoms with Crippen LogP contribution >= 0.6 is 11.6 Å². The molecule has 0 radical (unpaired) electrons. The first-order valence-electron chi connectivity index (χ1n) is 11.3. The third-order valence-electron chi connectivity index (χ3n) is 6.17. The van der Waals surface area contributed by atoms with E-state index in [-0.39, 0.29) is 10.8 Å². The Kier molecular flexibility index (Phi) is 6.72. The fraction of sp³-hybridized carbons (Fsp3) is 0.393. The van der Waals surface area contributed by atoms with Gasteiger partial charge >= 0.3 is 0 Å². The average molecular weight is 467 g/mol. The fourth-order valence-electron chi connectivity index (χ4n) is 4.28. The number of amides is 1. The Bertz CT molecular complexity index is 1160. The number of carbonyl (C=O) groups excluding carboxylic acids is 1. The number of hydrogen-bond donors (Lipinski definition) is 2. The van der Waals surface area contributed by atoms with E-state index in [0.717, 1.165) is 40.1 Å². The Morgan fingerprint density at radius 3 is 2.06 bits per heavy atom.